The van der Waals surface area contributed by atoms with E-state index >= 15 is 0 Å². The molecule has 0 aromatic carbocycles. The van der Waals surface area contributed by atoms with Crippen molar-refractivity contribution in [3.63, 3.8) is 0 Å². The molecule has 0 amide bonds. The maximum atomic E-state index is 10.7. The zero-order valence-corrected chi connectivity index (χ0v) is 6.96. The van der Waals surface area contributed by atoms with Gasteiger partial charge in [-0.25, -0.2) is 4.79 Å². The third-order valence-corrected chi connectivity index (χ3v) is 1.13. The van der Waals surface area contributed by atoms with Gasteiger partial charge in [-0.05, 0) is 6.92 Å². The fourth-order valence-corrected chi connectivity index (χ4v) is 0.530. The summed E-state index contributed by atoms with van der Waals surface area (Å²) in [6.07, 6.45) is 0.271. The van der Waals surface area contributed by atoms with E-state index in [1.807, 2.05) is 6.92 Å². The lowest BCUT2D eigenvalue weighted by Crippen LogP contribution is -2.17. The van der Waals surface area contributed by atoms with Gasteiger partial charge >= 0.3 is 5.97 Å². The van der Waals surface area contributed by atoms with Crippen LogP contribution in [0.5, 0.6) is 0 Å². The summed E-state index contributed by atoms with van der Waals surface area (Å²) >= 11 is 0. The molecule has 0 fully saturated rings. The average Bonchev–Trinajstić information content (AvgIpc) is 1.87. The Morgan fingerprint density at radius 3 is 2.64 bits per heavy atom. The van der Waals surface area contributed by atoms with Crippen LogP contribution in [0.4, 0.5) is 0 Å². The molecule has 1 atom stereocenters. The van der Waals surface area contributed by atoms with Crippen LogP contribution < -0.4 is 0 Å². The molecule has 11 heavy (non-hydrogen) atoms. The van der Waals surface area contributed by atoms with Crippen molar-refractivity contribution in [2.75, 3.05) is 0 Å². The molecule has 3 heteroatoms. The number of ether oxygens (including phenoxy) is 1. The number of hydrogen-bond donors (Lipinski definition) is 1. The number of hydrogen-bond acceptors (Lipinski definition) is 3. The summed E-state index contributed by atoms with van der Waals surface area (Å²) in [4.78, 5) is 10.7. The molecule has 0 bridgehead atoms. The van der Waals surface area contributed by atoms with Gasteiger partial charge in [0.1, 0.15) is 0 Å². The summed E-state index contributed by atoms with van der Waals surface area (Å²) in [5, 5.41) is 8.98. The summed E-state index contributed by atoms with van der Waals surface area (Å²) in [6.45, 7) is 6.83. The van der Waals surface area contributed by atoms with Gasteiger partial charge in [0.2, 0.25) is 6.29 Å². The zero-order chi connectivity index (χ0) is 8.85. The van der Waals surface area contributed by atoms with Gasteiger partial charge in [0.25, 0.3) is 0 Å². The topological polar surface area (TPSA) is 46.5 Å². The number of aliphatic hydroxyl groups is 1. The van der Waals surface area contributed by atoms with Crippen LogP contribution in [0.3, 0.4) is 0 Å². The summed E-state index contributed by atoms with van der Waals surface area (Å²) < 4.78 is 4.57. The first-order chi connectivity index (χ1) is 5.07. The summed E-state index contributed by atoms with van der Waals surface area (Å²) in [5.74, 6) is -0.536. The standard InChI is InChI=1S/C8H14O3/c1-4-5-7(9)11-8(10)6(2)3/h7,9H,2,4-5H2,1,3H3. The van der Waals surface area contributed by atoms with Crippen LogP contribution in [-0.2, 0) is 9.53 Å². The molecular weight excluding hydrogens is 144 g/mol. The predicted octanol–water partition coefficient (Wildman–Crippen LogP) is 1.22. The lowest BCUT2D eigenvalue weighted by molar-refractivity contribution is -0.163. The Labute approximate surface area is 66.7 Å². The van der Waals surface area contributed by atoms with E-state index in [1.165, 1.54) is 0 Å². The van der Waals surface area contributed by atoms with Crippen LogP contribution in [0, 0.1) is 0 Å². The zero-order valence-electron chi connectivity index (χ0n) is 6.96. The molecule has 64 valence electrons. The second-order valence-corrected chi connectivity index (χ2v) is 2.43. The van der Waals surface area contributed by atoms with Crippen LogP contribution in [0.1, 0.15) is 26.7 Å². The first-order valence-electron chi connectivity index (χ1n) is 3.62. The molecule has 0 aromatic heterocycles. The van der Waals surface area contributed by atoms with Crippen molar-refractivity contribution in [3.8, 4) is 0 Å². The summed E-state index contributed by atoms with van der Waals surface area (Å²) in [5.41, 5.74) is 0.306. The van der Waals surface area contributed by atoms with E-state index in [0.717, 1.165) is 6.42 Å². The molecule has 0 heterocycles. The molecule has 1 N–H and O–H groups in total. The Morgan fingerprint density at radius 2 is 2.27 bits per heavy atom. The maximum Gasteiger partial charge on any atom is 0.335 e. The van der Waals surface area contributed by atoms with E-state index in [-0.39, 0.29) is 0 Å². The molecule has 0 aliphatic rings. The Bertz CT molecular complexity index is 151. The molecule has 0 aliphatic heterocycles. The quantitative estimate of drug-likeness (QED) is 0.380. The maximum absolute atomic E-state index is 10.7. The van der Waals surface area contributed by atoms with Gasteiger partial charge < -0.3 is 9.84 Å². The van der Waals surface area contributed by atoms with E-state index in [2.05, 4.69) is 11.3 Å². The van der Waals surface area contributed by atoms with Crippen LogP contribution >= 0.6 is 0 Å². The van der Waals surface area contributed by atoms with E-state index < -0.39 is 12.3 Å². The van der Waals surface area contributed by atoms with Crippen LogP contribution in [0.2, 0.25) is 0 Å². The lowest BCUT2D eigenvalue weighted by Gasteiger charge is -2.09. The van der Waals surface area contributed by atoms with Gasteiger partial charge in [-0.1, -0.05) is 19.9 Å². The van der Waals surface area contributed by atoms with Gasteiger partial charge in [0.15, 0.2) is 0 Å². The summed E-state index contributed by atoms with van der Waals surface area (Å²) in [7, 11) is 0. The molecule has 0 saturated carbocycles. The van der Waals surface area contributed by atoms with Crippen molar-refractivity contribution in [3.05, 3.63) is 12.2 Å². The molecule has 0 aliphatic carbocycles. The highest BCUT2D eigenvalue weighted by Crippen LogP contribution is 2.01. The molecule has 3 nitrogen and oxygen atoms in total. The van der Waals surface area contributed by atoms with Gasteiger partial charge in [0, 0.05) is 12.0 Å². The molecule has 1 unspecified atom stereocenters. The van der Waals surface area contributed by atoms with Gasteiger partial charge in [-0.15, -0.1) is 0 Å². The minimum absolute atomic E-state index is 0.306. The SMILES string of the molecule is C=C(C)C(=O)OC(O)CCC. The summed E-state index contributed by atoms with van der Waals surface area (Å²) in [6, 6.07) is 0. The Balaban J connectivity index is 3.66. The van der Waals surface area contributed by atoms with Crippen molar-refractivity contribution in [1.82, 2.24) is 0 Å². The van der Waals surface area contributed by atoms with E-state index in [4.69, 9.17) is 5.11 Å². The second-order valence-electron chi connectivity index (χ2n) is 2.43. The molecule has 0 aromatic rings. The lowest BCUT2D eigenvalue weighted by atomic mass is 10.3. The van der Waals surface area contributed by atoms with Crippen LogP contribution in [-0.4, -0.2) is 17.4 Å². The van der Waals surface area contributed by atoms with E-state index in [1.54, 1.807) is 6.92 Å². The van der Waals surface area contributed by atoms with Gasteiger partial charge in [-0.3, -0.25) is 0 Å². The smallest absolute Gasteiger partial charge is 0.335 e. The van der Waals surface area contributed by atoms with E-state index in [0.29, 0.717) is 12.0 Å². The second kappa shape index (κ2) is 4.91. The Kier molecular flexibility index (Phi) is 4.54. The van der Waals surface area contributed by atoms with Gasteiger partial charge in [-0.2, -0.15) is 0 Å². The molecule has 0 spiro atoms. The third-order valence-electron chi connectivity index (χ3n) is 1.13. The third kappa shape index (κ3) is 4.56. The molecular formula is C8H14O3. The van der Waals surface area contributed by atoms with Crippen molar-refractivity contribution >= 4 is 5.97 Å². The van der Waals surface area contributed by atoms with Crippen molar-refractivity contribution in [2.45, 2.75) is 33.0 Å². The van der Waals surface area contributed by atoms with E-state index in [9.17, 15) is 4.79 Å². The fraction of sp³-hybridized carbons (Fsp3) is 0.625. The Morgan fingerprint density at radius 1 is 1.73 bits per heavy atom. The number of rotatable bonds is 4. The molecule has 0 saturated heterocycles. The first-order valence-corrected chi connectivity index (χ1v) is 3.62. The monoisotopic (exact) mass is 158 g/mol. The highest BCUT2D eigenvalue weighted by molar-refractivity contribution is 5.86. The minimum Gasteiger partial charge on any atom is -0.433 e. The molecule has 0 radical (unpaired) electrons. The first kappa shape index (κ1) is 10.2. The van der Waals surface area contributed by atoms with Crippen LogP contribution in [0.25, 0.3) is 0 Å². The number of carbonyl (C=O) groups is 1. The van der Waals surface area contributed by atoms with Crippen LogP contribution in [0.15, 0.2) is 12.2 Å². The average molecular weight is 158 g/mol. The molecule has 0 rings (SSSR count). The highest BCUT2D eigenvalue weighted by Gasteiger charge is 2.09. The largest absolute Gasteiger partial charge is 0.433 e. The normalized spacial score (nSPS) is 12.3. The minimum atomic E-state index is -0.982. The predicted molar refractivity (Wildman–Crippen MR) is 41.8 cm³/mol. The Hall–Kier alpha value is -0.830. The fourth-order valence-electron chi connectivity index (χ4n) is 0.530. The number of aliphatic hydroxyl groups excluding tert-OH is 1. The highest BCUT2D eigenvalue weighted by atomic mass is 16.6. The van der Waals surface area contributed by atoms with Crippen molar-refractivity contribution in [1.29, 1.82) is 0 Å². The number of esters is 1. The number of carbonyl (C=O) groups excluding carboxylic acids is 1. The van der Waals surface area contributed by atoms with Gasteiger partial charge in [0.05, 0.1) is 0 Å². The van der Waals surface area contributed by atoms with Crippen molar-refractivity contribution < 1.29 is 14.6 Å². The van der Waals surface area contributed by atoms with Crippen molar-refractivity contribution in [2.24, 2.45) is 0 Å².